The van der Waals surface area contributed by atoms with E-state index in [0.29, 0.717) is 23.3 Å². The van der Waals surface area contributed by atoms with Crippen molar-refractivity contribution < 1.29 is 9.90 Å². The quantitative estimate of drug-likeness (QED) is 0.895. The predicted molar refractivity (Wildman–Crippen MR) is 100 cm³/mol. The zero-order valence-corrected chi connectivity index (χ0v) is 15.3. The number of fused-ring (bicyclic) bond motifs is 7. The lowest BCUT2D eigenvalue weighted by atomic mass is 9.67. The Balaban J connectivity index is 1.70. The second kappa shape index (κ2) is 5.60. The summed E-state index contributed by atoms with van der Waals surface area (Å²) in [4.78, 5) is 11.7. The molecule has 26 heavy (non-hydrogen) atoms. The molecule has 3 aliphatic rings. The van der Waals surface area contributed by atoms with E-state index in [9.17, 15) is 9.90 Å². The van der Waals surface area contributed by atoms with E-state index in [4.69, 9.17) is 0 Å². The Labute approximate surface area is 154 Å². The van der Waals surface area contributed by atoms with Gasteiger partial charge in [-0.3, -0.25) is 0 Å². The molecule has 2 fully saturated rings. The first kappa shape index (κ1) is 15.9. The molecule has 134 valence electrons. The van der Waals surface area contributed by atoms with Crippen LogP contribution in [0.3, 0.4) is 0 Å². The minimum atomic E-state index is -1.09. The van der Waals surface area contributed by atoms with Crippen LogP contribution >= 0.6 is 0 Å². The molecule has 2 saturated carbocycles. The Morgan fingerprint density at radius 2 is 1.88 bits per heavy atom. The second-order valence-electron chi connectivity index (χ2n) is 8.48. The van der Waals surface area contributed by atoms with E-state index in [-0.39, 0.29) is 6.04 Å². The molecule has 0 saturated heterocycles. The fourth-order valence-corrected chi connectivity index (χ4v) is 6.09. The van der Waals surface area contributed by atoms with Crippen molar-refractivity contribution in [2.45, 2.75) is 45.1 Å². The predicted octanol–water partition coefficient (Wildman–Crippen LogP) is 3.96. The topological polar surface area (TPSA) is 52.2 Å². The highest BCUT2D eigenvalue weighted by molar-refractivity contribution is 5.94. The highest BCUT2D eigenvalue weighted by Crippen LogP contribution is 2.64. The van der Waals surface area contributed by atoms with Gasteiger partial charge in [-0.25, -0.2) is 0 Å². The number of hydrogen-bond donors (Lipinski definition) is 1. The maximum atomic E-state index is 11.7. The normalized spacial score (nSPS) is 31.2. The smallest absolute Gasteiger partial charge is 0.0736 e. The number of carboxylic acid groups (broad SMARTS) is 1. The van der Waals surface area contributed by atoms with E-state index in [1.165, 1.54) is 41.5 Å². The molecule has 2 aliphatic carbocycles. The maximum Gasteiger partial charge on any atom is 0.0736 e. The van der Waals surface area contributed by atoms with Gasteiger partial charge in [-0.15, -0.1) is 0 Å². The molecule has 3 heteroatoms. The molecular weight excluding hydrogens is 322 g/mol. The summed E-state index contributed by atoms with van der Waals surface area (Å²) in [6.45, 7) is 4.30. The number of aromatic carboxylic acids is 1. The summed E-state index contributed by atoms with van der Waals surface area (Å²) < 4.78 is 0. The van der Waals surface area contributed by atoms with E-state index in [2.05, 4.69) is 43.4 Å². The van der Waals surface area contributed by atoms with Gasteiger partial charge in [0.05, 0.1) is 12.0 Å². The Morgan fingerprint density at radius 3 is 2.69 bits per heavy atom. The molecule has 2 bridgehead atoms. The zero-order valence-electron chi connectivity index (χ0n) is 15.3. The van der Waals surface area contributed by atoms with Crippen LogP contribution in [0.1, 0.15) is 63.8 Å². The fraction of sp³-hybridized carbons (Fsp3) is 0.435. The molecule has 3 nitrogen and oxygen atoms in total. The zero-order chi connectivity index (χ0) is 18.0. The number of benzene rings is 2. The van der Waals surface area contributed by atoms with Gasteiger partial charge in [0.2, 0.25) is 0 Å². The van der Waals surface area contributed by atoms with Gasteiger partial charge in [0.15, 0.2) is 0 Å². The summed E-state index contributed by atoms with van der Waals surface area (Å²) in [6.07, 6.45) is 3.87. The van der Waals surface area contributed by atoms with E-state index < -0.39 is 5.97 Å². The molecule has 0 aromatic heterocycles. The SMILES string of the molecule is Cc1ccc(C)c([C@H]2Nc3c(C(=O)[O-])cccc3[C@H]3[C@H]4CC[C@H](C4)[C@@H]32)c1. The van der Waals surface area contributed by atoms with Crippen LogP contribution in [0.25, 0.3) is 0 Å². The van der Waals surface area contributed by atoms with Crippen molar-refractivity contribution in [1.29, 1.82) is 0 Å². The average Bonchev–Trinajstić information content (AvgIpc) is 3.25. The van der Waals surface area contributed by atoms with Gasteiger partial charge in [-0.1, -0.05) is 42.0 Å². The Kier molecular flexibility index (Phi) is 3.43. The summed E-state index contributed by atoms with van der Waals surface area (Å²) >= 11 is 0. The van der Waals surface area contributed by atoms with Crippen molar-refractivity contribution in [3.8, 4) is 0 Å². The molecular formula is C23H24NO2-. The van der Waals surface area contributed by atoms with Crippen LogP contribution in [0.2, 0.25) is 0 Å². The van der Waals surface area contributed by atoms with Crippen LogP contribution in [0.15, 0.2) is 36.4 Å². The van der Waals surface area contributed by atoms with Gasteiger partial charge in [0.1, 0.15) is 0 Å². The third kappa shape index (κ3) is 2.16. The summed E-state index contributed by atoms with van der Waals surface area (Å²) in [5, 5.41) is 15.4. The number of para-hydroxylation sites is 1. The first-order chi connectivity index (χ1) is 12.5. The molecule has 0 spiro atoms. The Bertz CT molecular complexity index is 903. The number of anilines is 1. The van der Waals surface area contributed by atoms with Gasteiger partial charge in [0.25, 0.3) is 0 Å². The van der Waals surface area contributed by atoms with Gasteiger partial charge < -0.3 is 15.2 Å². The number of carboxylic acids is 1. The summed E-state index contributed by atoms with van der Waals surface area (Å²) in [5.41, 5.74) is 6.16. The van der Waals surface area contributed by atoms with Crippen LogP contribution < -0.4 is 10.4 Å². The van der Waals surface area contributed by atoms with Crippen LogP contribution in [0.5, 0.6) is 0 Å². The summed E-state index contributed by atoms with van der Waals surface area (Å²) in [7, 11) is 0. The van der Waals surface area contributed by atoms with E-state index in [1.54, 1.807) is 6.07 Å². The van der Waals surface area contributed by atoms with Gasteiger partial charge >= 0.3 is 0 Å². The van der Waals surface area contributed by atoms with Crippen molar-refractivity contribution in [2.75, 3.05) is 5.32 Å². The number of carbonyl (C=O) groups is 1. The van der Waals surface area contributed by atoms with Gasteiger partial charge in [-0.2, -0.15) is 0 Å². The number of aryl methyl sites for hydroxylation is 2. The lowest BCUT2D eigenvalue weighted by molar-refractivity contribution is -0.254. The molecule has 0 unspecified atom stereocenters. The van der Waals surface area contributed by atoms with Crippen molar-refractivity contribution >= 4 is 11.7 Å². The molecule has 5 atom stereocenters. The first-order valence-electron chi connectivity index (χ1n) is 9.72. The minimum absolute atomic E-state index is 0.184. The fourth-order valence-electron chi connectivity index (χ4n) is 6.09. The molecule has 2 aromatic carbocycles. The van der Waals surface area contributed by atoms with Crippen LogP contribution in [-0.2, 0) is 0 Å². The second-order valence-corrected chi connectivity index (χ2v) is 8.48. The van der Waals surface area contributed by atoms with Crippen molar-refractivity contribution in [2.24, 2.45) is 17.8 Å². The average molecular weight is 346 g/mol. The third-order valence-electron chi connectivity index (χ3n) is 7.11. The molecule has 5 rings (SSSR count). The van der Waals surface area contributed by atoms with Gasteiger partial charge in [0, 0.05) is 11.3 Å². The highest BCUT2D eigenvalue weighted by atomic mass is 16.4. The van der Waals surface area contributed by atoms with Crippen LogP contribution in [0.4, 0.5) is 5.69 Å². The number of hydrogen-bond acceptors (Lipinski definition) is 3. The summed E-state index contributed by atoms with van der Waals surface area (Å²) in [6, 6.07) is 12.5. The van der Waals surface area contributed by atoms with Crippen molar-refractivity contribution in [3.63, 3.8) is 0 Å². The maximum absolute atomic E-state index is 11.7. The van der Waals surface area contributed by atoms with Crippen LogP contribution in [-0.4, -0.2) is 5.97 Å². The number of rotatable bonds is 2. The Morgan fingerprint density at radius 1 is 1.08 bits per heavy atom. The molecule has 2 aromatic rings. The van der Waals surface area contributed by atoms with Crippen molar-refractivity contribution in [3.05, 3.63) is 64.2 Å². The van der Waals surface area contributed by atoms with E-state index in [1.807, 2.05) is 6.07 Å². The molecule has 0 radical (unpaired) electrons. The third-order valence-corrected chi connectivity index (χ3v) is 7.11. The van der Waals surface area contributed by atoms with Gasteiger partial charge in [-0.05, 0) is 73.5 Å². The first-order valence-corrected chi connectivity index (χ1v) is 9.72. The van der Waals surface area contributed by atoms with E-state index >= 15 is 0 Å². The Hall–Kier alpha value is -2.29. The summed E-state index contributed by atoms with van der Waals surface area (Å²) in [5.74, 6) is 1.36. The van der Waals surface area contributed by atoms with Crippen molar-refractivity contribution in [1.82, 2.24) is 0 Å². The molecule has 1 N–H and O–H groups in total. The standard InChI is InChI=1S/C23H25NO2/c1-12-6-7-13(2)18(10-12)22-20-15-9-8-14(11-15)19(20)16-4-3-5-17(23(25)26)21(16)24-22/h3-7,10,14-15,19-20,22,24H,8-9,11H2,1-2H3,(H,25,26)/p-1/t14-,15+,19+,20-,22+/m0/s1. The van der Waals surface area contributed by atoms with E-state index in [0.717, 1.165) is 11.6 Å². The number of carbonyl (C=O) groups excluding carboxylic acids is 1. The minimum Gasteiger partial charge on any atom is -0.545 e. The lowest BCUT2D eigenvalue weighted by Crippen LogP contribution is -2.37. The van der Waals surface area contributed by atoms with Crippen LogP contribution in [0, 0.1) is 31.6 Å². The monoisotopic (exact) mass is 346 g/mol. The molecule has 1 aliphatic heterocycles. The molecule has 1 heterocycles. The number of nitrogens with one attached hydrogen (secondary N) is 1. The molecule has 0 amide bonds. The highest BCUT2D eigenvalue weighted by Gasteiger charge is 2.54. The lowest BCUT2D eigenvalue weighted by Gasteiger charge is -2.44. The largest absolute Gasteiger partial charge is 0.545 e.